The van der Waals surface area contributed by atoms with Gasteiger partial charge in [0.25, 0.3) is 0 Å². The van der Waals surface area contributed by atoms with Crippen LogP contribution in [0, 0.1) is 0 Å². The van der Waals surface area contributed by atoms with Crippen molar-refractivity contribution < 1.29 is 9.53 Å². The predicted octanol–water partition coefficient (Wildman–Crippen LogP) is 3.50. The first kappa shape index (κ1) is 14.5. The topological polar surface area (TPSA) is 56.1 Å². The SMILES string of the molecule is COC(=O)C1=C(C)Nc2nc3ccccc3n2[C@H]1c1ccccc1. The van der Waals surface area contributed by atoms with Crippen LogP contribution in [-0.4, -0.2) is 22.6 Å². The maximum absolute atomic E-state index is 12.5. The minimum absolute atomic E-state index is 0.276. The number of carbonyl (C=O) groups is 1. The number of hydrogen-bond donors (Lipinski definition) is 1. The molecule has 5 nitrogen and oxygen atoms in total. The van der Waals surface area contributed by atoms with Gasteiger partial charge in [-0.15, -0.1) is 0 Å². The van der Waals surface area contributed by atoms with E-state index in [1.807, 2.05) is 61.5 Å². The molecule has 0 bridgehead atoms. The Morgan fingerprint density at radius 3 is 2.58 bits per heavy atom. The van der Waals surface area contributed by atoms with E-state index in [2.05, 4.69) is 14.9 Å². The number of methoxy groups -OCH3 is 1. The van der Waals surface area contributed by atoms with Gasteiger partial charge in [-0.3, -0.25) is 4.57 Å². The smallest absolute Gasteiger partial charge is 0.337 e. The number of allylic oxidation sites excluding steroid dienone is 1. The van der Waals surface area contributed by atoms with Gasteiger partial charge in [0.15, 0.2) is 0 Å². The Bertz CT molecular complexity index is 957. The first-order valence-corrected chi connectivity index (χ1v) is 7.78. The summed E-state index contributed by atoms with van der Waals surface area (Å²) >= 11 is 0. The van der Waals surface area contributed by atoms with Gasteiger partial charge in [0.2, 0.25) is 5.95 Å². The summed E-state index contributed by atoms with van der Waals surface area (Å²) in [4.78, 5) is 17.1. The Kier molecular flexibility index (Phi) is 3.34. The molecular weight excluding hydrogens is 302 g/mol. The van der Waals surface area contributed by atoms with Crippen LogP contribution >= 0.6 is 0 Å². The zero-order valence-electron chi connectivity index (χ0n) is 13.5. The Hall–Kier alpha value is -3.08. The first-order valence-electron chi connectivity index (χ1n) is 7.78. The van der Waals surface area contributed by atoms with Crippen LogP contribution in [0.3, 0.4) is 0 Å². The molecular formula is C19H17N3O2. The van der Waals surface area contributed by atoms with Crippen LogP contribution in [0.15, 0.2) is 65.9 Å². The number of para-hydroxylation sites is 2. The first-order chi connectivity index (χ1) is 11.7. The molecule has 1 aromatic heterocycles. The van der Waals surface area contributed by atoms with E-state index in [4.69, 9.17) is 4.74 Å². The second-order valence-electron chi connectivity index (χ2n) is 5.76. The zero-order chi connectivity index (χ0) is 16.7. The summed E-state index contributed by atoms with van der Waals surface area (Å²) in [5.74, 6) is 0.396. The summed E-state index contributed by atoms with van der Waals surface area (Å²) in [5, 5.41) is 3.24. The molecule has 2 heterocycles. The predicted molar refractivity (Wildman–Crippen MR) is 92.7 cm³/mol. The number of esters is 1. The summed E-state index contributed by atoms with van der Waals surface area (Å²) in [5.41, 5.74) is 4.24. The van der Waals surface area contributed by atoms with Gasteiger partial charge < -0.3 is 10.1 Å². The Labute approximate surface area is 139 Å². The molecule has 120 valence electrons. The summed E-state index contributed by atoms with van der Waals surface area (Å²) in [6.07, 6.45) is 0. The van der Waals surface area contributed by atoms with Crippen molar-refractivity contribution >= 4 is 23.0 Å². The van der Waals surface area contributed by atoms with Gasteiger partial charge in [0, 0.05) is 5.70 Å². The molecule has 2 aromatic carbocycles. The standard InChI is InChI=1S/C19H17N3O2/c1-12-16(18(23)24-2)17(13-8-4-3-5-9-13)22-15-11-7-6-10-14(15)21-19(22)20-12/h3-11,17H,1-2H3,(H,20,21)/t17-/m0/s1. The molecule has 4 rings (SSSR count). The van der Waals surface area contributed by atoms with E-state index in [0.717, 1.165) is 28.2 Å². The number of ether oxygens (including phenoxy) is 1. The van der Waals surface area contributed by atoms with Gasteiger partial charge in [-0.05, 0) is 24.6 Å². The van der Waals surface area contributed by atoms with E-state index in [0.29, 0.717) is 5.57 Å². The average Bonchev–Trinajstić information content (AvgIpc) is 2.98. The van der Waals surface area contributed by atoms with Crippen molar-refractivity contribution in [3.8, 4) is 0 Å². The van der Waals surface area contributed by atoms with Crippen LogP contribution in [0.25, 0.3) is 11.0 Å². The van der Waals surface area contributed by atoms with E-state index in [1.54, 1.807) is 0 Å². The zero-order valence-corrected chi connectivity index (χ0v) is 13.5. The van der Waals surface area contributed by atoms with Gasteiger partial charge in [-0.2, -0.15) is 0 Å². The number of hydrogen-bond acceptors (Lipinski definition) is 4. The fraction of sp³-hybridized carbons (Fsp3) is 0.158. The third-order valence-electron chi connectivity index (χ3n) is 4.35. The van der Waals surface area contributed by atoms with Gasteiger partial charge >= 0.3 is 5.97 Å². The van der Waals surface area contributed by atoms with E-state index in [9.17, 15) is 4.79 Å². The highest BCUT2D eigenvalue weighted by Crippen LogP contribution is 2.39. The highest BCUT2D eigenvalue weighted by molar-refractivity contribution is 5.94. The number of benzene rings is 2. The molecule has 0 radical (unpaired) electrons. The fourth-order valence-corrected chi connectivity index (χ4v) is 3.29. The Balaban J connectivity index is 2.02. The van der Waals surface area contributed by atoms with Crippen molar-refractivity contribution in [2.75, 3.05) is 12.4 Å². The third-order valence-corrected chi connectivity index (χ3v) is 4.35. The lowest BCUT2D eigenvalue weighted by molar-refractivity contribution is -0.136. The van der Waals surface area contributed by atoms with E-state index in [1.165, 1.54) is 7.11 Å². The maximum Gasteiger partial charge on any atom is 0.337 e. The Morgan fingerprint density at radius 1 is 1.12 bits per heavy atom. The number of anilines is 1. The van der Waals surface area contributed by atoms with Crippen LogP contribution in [0.2, 0.25) is 0 Å². The largest absolute Gasteiger partial charge is 0.466 e. The molecule has 0 fully saturated rings. The number of rotatable bonds is 2. The average molecular weight is 319 g/mol. The lowest BCUT2D eigenvalue weighted by atomic mass is 9.95. The molecule has 1 N–H and O–H groups in total. The molecule has 0 aliphatic carbocycles. The van der Waals surface area contributed by atoms with E-state index >= 15 is 0 Å². The number of nitrogens with zero attached hydrogens (tertiary/aromatic N) is 2. The van der Waals surface area contributed by atoms with Crippen molar-refractivity contribution in [3.05, 3.63) is 71.4 Å². The lowest BCUT2D eigenvalue weighted by Gasteiger charge is -2.29. The van der Waals surface area contributed by atoms with Gasteiger partial charge in [-0.1, -0.05) is 42.5 Å². The molecule has 5 heteroatoms. The molecule has 1 atom stereocenters. The minimum Gasteiger partial charge on any atom is -0.466 e. The molecule has 3 aromatic rings. The van der Waals surface area contributed by atoms with Crippen LogP contribution in [0.1, 0.15) is 18.5 Å². The van der Waals surface area contributed by atoms with Crippen LogP contribution in [0.4, 0.5) is 5.95 Å². The van der Waals surface area contributed by atoms with E-state index < -0.39 is 0 Å². The maximum atomic E-state index is 12.5. The van der Waals surface area contributed by atoms with Gasteiger partial charge in [-0.25, -0.2) is 9.78 Å². The number of aromatic nitrogens is 2. The summed E-state index contributed by atoms with van der Waals surface area (Å²) < 4.78 is 7.10. The number of nitrogens with one attached hydrogen (secondary N) is 1. The molecule has 24 heavy (non-hydrogen) atoms. The molecule has 0 unspecified atom stereocenters. The third kappa shape index (κ3) is 2.09. The normalized spacial score (nSPS) is 16.7. The summed E-state index contributed by atoms with van der Waals surface area (Å²) in [6.45, 7) is 1.88. The summed E-state index contributed by atoms with van der Waals surface area (Å²) in [7, 11) is 1.41. The van der Waals surface area contributed by atoms with Crippen molar-refractivity contribution in [1.29, 1.82) is 0 Å². The molecule has 0 saturated heterocycles. The molecule has 1 aliphatic heterocycles. The fourth-order valence-electron chi connectivity index (χ4n) is 3.29. The van der Waals surface area contributed by atoms with Gasteiger partial charge in [0.1, 0.15) is 0 Å². The second kappa shape index (κ2) is 5.53. The van der Waals surface area contributed by atoms with Crippen molar-refractivity contribution in [2.45, 2.75) is 13.0 Å². The van der Waals surface area contributed by atoms with Crippen molar-refractivity contribution in [3.63, 3.8) is 0 Å². The Morgan fingerprint density at radius 2 is 1.83 bits per heavy atom. The highest BCUT2D eigenvalue weighted by atomic mass is 16.5. The molecule has 0 amide bonds. The molecule has 1 aliphatic rings. The number of imidazole rings is 1. The second-order valence-corrected chi connectivity index (χ2v) is 5.76. The van der Waals surface area contributed by atoms with E-state index in [-0.39, 0.29) is 12.0 Å². The van der Waals surface area contributed by atoms with Crippen LogP contribution < -0.4 is 5.32 Å². The monoisotopic (exact) mass is 319 g/mol. The molecule has 0 spiro atoms. The number of fused-ring (bicyclic) bond motifs is 3. The minimum atomic E-state index is -0.336. The summed E-state index contributed by atoms with van der Waals surface area (Å²) in [6, 6.07) is 17.6. The van der Waals surface area contributed by atoms with Gasteiger partial charge in [0.05, 0.1) is 29.8 Å². The van der Waals surface area contributed by atoms with Crippen molar-refractivity contribution in [2.24, 2.45) is 0 Å². The highest BCUT2D eigenvalue weighted by Gasteiger charge is 2.34. The van der Waals surface area contributed by atoms with Crippen LogP contribution in [-0.2, 0) is 9.53 Å². The number of carbonyl (C=O) groups excluding carboxylic acids is 1. The molecule has 0 saturated carbocycles. The lowest BCUT2D eigenvalue weighted by Crippen LogP contribution is -2.28. The van der Waals surface area contributed by atoms with Crippen LogP contribution in [0.5, 0.6) is 0 Å². The van der Waals surface area contributed by atoms with Crippen molar-refractivity contribution in [1.82, 2.24) is 9.55 Å². The quantitative estimate of drug-likeness (QED) is 0.735.